The zero-order chi connectivity index (χ0) is 17.2. The fourth-order valence-corrected chi connectivity index (χ4v) is 2.76. The van der Waals surface area contributed by atoms with Gasteiger partial charge in [0.25, 0.3) is 5.69 Å². The molecule has 1 saturated heterocycles. The number of piperazine rings is 1. The molecule has 126 valence electrons. The molecule has 1 fully saturated rings. The first-order valence-corrected chi connectivity index (χ1v) is 7.65. The molecular weight excluding hydrogens is 298 g/mol. The Balaban J connectivity index is 2.40. The number of rotatable bonds is 2. The van der Waals surface area contributed by atoms with Crippen molar-refractivity contribution in [2.24, 2.45) is 0 Å². The maximum absolute atomic E-state index is 12.5. The van der Waals surface area contributed by atoms with Gasteiger partial charge in [0.2, 0.25) is 0 Å². The van der Waals surface area contributed by atoms with E-state index in [0.29, 0.717) is 25.2 Å². The minimum absolute atomic E-state index is 0.0345. The monoisotopic (exact) mass is 321 g/mol. The Kier molecular flexibility index (Phi) is 4.89. The summed E-state index contributed by atoms with van der Waals surface area (Å²) >= 11 is 0. The summed E-state index contributed by atoms with van der Waals surface area (Å²) in [5, 5.41) is 14.6. The Morgan fingerprint density at radius 3 is 2.74 bits per heavy atom. The van der Waals surface area contributed by atoms with Crippen molar-refractivity contribution in [1.29, 1.82) is 0 Å². The van der Waals surface area contributed by atoms with Gasteiger partial charge in [-0.25, -0.2) is 4.79 Å². The largest absolute Gasteiger partial charge is 0.444 e. The number of carbonyl (C=O) groups is 1. The number of aryl methyl sites for hydroxylation is 1. The van der Waals surface area contributed by atoms with Gasteiger partial charge in [0.05, 0.1) is 16.5 Å². The van der Waals surface area contributed by atoms with Crippen LogP contribution < -0.4 is 5.32 Å². The third-order valence-electron chi connectivity index (χ3n) is 3.70. The van der Waals surface area contributed by atoms with Crippen molar-refractivity contribution in [2.45, 2.75) is 39.3 Å². The highest BCUT2D eigenvalue weighted by molar-refractivity contribution is 5.70. The molecule has 2 rings (SSSR count). The molecule has 1 N–H and O–H groups in total. The number of nitro groups is 1. The van der Waals surface area contributed by atoms with Crippen LogP contribution in [0, 0.1) is 17.0 Å². The van der Waals surface area contributed by atoms with Crippen LogP contribution in [0.3, 0.4) is 0 Å². The lowest BCUT2D eigenvalue weighted by atomic mass is 9.96. The highest BCUT2D eigenvalue weighted by Gasteiger charge is 2.35. The Morgan fingerprint density at radius 2 is 2.13 bits per heavy atom. The maximum Gasteiger partial charge on any atom is 0.410 e. The molecule has 7 heteroatoms. The maximum atomic E-state index is 12.5. The van der Waals surface area contributed by atoms with Crippen LogP contribution in [0.15, 0.2) is 18.2 Å². The first kappa shape index (κ1) is 17.2. The molecule has 0 bridgehead atoms. The number of nitrogens with one attached hydrogen (secondary N) is 1. The van der Waals surface area contributed by atoms with E-state index in [4.69, 9.17) is 4.74 Å². The van der Waals surface area contributed by atoms with E-state index in [0.717, 1.165) is 5.56 Å². The van der Waals surface area contributed by atoms with Gasteiger partial charge < -0.3 is 10.1 Å². The van der Waals surface area contributed by atoms with Gasteiger partial charge in [-0.05, 0) is 33.3 Å². The van der Waals surface area contributed by atoms with Crippen LogP contribution in [0.4, 0.5) is 10.5 Å². The molecule has 1 amide bonds. The van der Waals surface area contributed by atoms with Crippen molar-refractivity contribution in [2.75, 3.05) is 19.6 Å². The van der Waals surface area contributed by atoms with Crippen LogP contribution in [0.1, 0.15) is 37.9 Å². The van der Waals surface area contributed by atoms with E-state index in [2.05, 4.69) is 5.32 Å². The molecule has 1 heterocycles. The van der Waals surface area contributed by atoms with E-state index in [1.165, 1.54) is 6.07 Å². The molecule has 0 saturated carbocycles. The van der Waals surface area contributed by atoms with Crippen LogP contribution in [-0.2, 0) is 4.74 Å². The summed E-state index contributed by atoms with van der Waals surface area (Å²) in [6, 6.07) is 4.54. The number of nitro benzene ring substituents is 1. The Labute approximate surface area is 135 Å². The lowest BCUT2D eigenvalue weighted by molar-refractivity contribution is -0.386. The highest BCUT2D eigenvalue weighted by atomic mass is 16.6. The van der Waals surface area contributed by atoms with Crippen molar-refractivity contribution in [3.8, 4) is 0 Å². The Hall–Kier alpha value is -2.15. The number of carbonyl (C=O) groups excluding carboxylic acids is 1. The number of hydrogen-bond acceptors (Lipinski definition) is 5. The van der Waals surface area contributed by atoms with E-state index in [-0.39, 0.29) is 5.69 Å². The topological polar surface area (TPSA) is 84.7 Å². The summed E-state index contributed by atoms with van der Waals surface area (Å²) in [5.41, 5.74) is 0.786. The second-order valence-electron chi connectivity index (χ2n) is 6.66. The second-order valence-corrected chi connectivity index (χ2v) is 6.66. The van der Waals surface area contributed by atoms with Gasteiger partial charge in [-0.15, -0.1) is 0 Å². The number of amides is 1. The van der Waals surface area contributed by atoms with Gasteiger partial charge in [0, 0.05) is 25.7 Å². The fourth-order valence-electron chi connectivity index (χ4n) is 2.76. The van der Waals surface area contributed by atoms with Gasteiger partial charge in [-0.1, -0.05) is 12.1 Å². The average molecular weight is 321 g/mol. The van der Waals surface area contributed by atoms with Crippen LogP contribution in [0.2, 0.25) is 0 Å². The normalized spacial score (nSPS) is 18.6. The first-order valence-electron chi connectivity index (χ1n) is 7.65. The van der Waals surface area contributed by atoms with Gasteiger partial charge in [0.15, 0.2) is 0 Å². The van der Waals surface area contributed by atoms with E-state index in [9.17, 15) is 14.9 Å². The van der Waals surface area contributed by atoms with E-state index < -0.39 is 22.7 Å². The molecule has 1 atom stereocenters. The number of ether oxygens (including phenoxy) is 1. The molecule has 0 spiro atoms. The lowest BCUT2D eigenvalue weighted by Crippen LogP contribution is -2.50. The molecule has 7 nitrogen and oxygen atoms in total. The number of nitrogens with zero attached hydrogens (tertiary/aromatic N) is 2. The molecule has 1 aliphatic rings. The average Bonchev–Trinajstić information content (AvgIpc) is 2.45. The molecule has 0 aromatic heterocycles. The van der Waals surface area contributed by atoms with Gasteiger partial charge >= 0.3 is 6.09 Å². The number of hydrogen-bond donors (Lipinski definition) is 1. The van der Waals surface area contributed by atoms with Crippen molar-refractivity contribution in [3.63, 3.8) is 0 Å². The van der Waals surface area contributed by atoms with Gasteiger partial charge in [0.1, 0.15) is 5.60 Å². The summed E-state index contributed by atoms with van der Waals surface area (Å²) < 4.78 is 5.46. The van der Waals surface area contributed by atoms with Crippen LogP contribution in [0.5, 0.6) is 0 Å². The van der Waals surface area contributed by atoms with E-state index in [1.807, 2.05) is 13.0 Å². The van der Waals surface area contributed by atoms with Crippen LogP contribution in [-0.4, -0.2) is 41.2 Å². The van der Waals surface area contributed by atoms with Crippen LogP contribution >= 0.6 is 0 Å². The molecule has 1 aromatic rings. The van der Waals surface area contributed by atoms with E-state index >= 15 is 0 Å². The van der Waals surface area contributed by atoms with Crippen molar-refractivity contribution in [3.05, 3.63) is 39.4 Å². The van der Waals surface area contributed by atoms with Gasteiger partial charge in [-0.2, -0.15) is 0 Å². The van der Waals surface area contributed by atoms with E-state index in [1.54, 1.807) is 31.7 Å². The summed E-state index contributed by atoms with van der Waals surface area (Å²) in [5.74, 6) is 0. The smallest absolute Gasteiger partial charge is 0.410 e. The third-order valence-corrected chi connectivity index (χ3v) is 3.70. The predicted octanol–water partition coefficient (Wildman–Crippen LogP) is 2.78. The quantitative estimate of drug-likeness (QED) is 0.669. The SMILES string of the molecule is Cc1cccc([N+](=O)[O-])c1C1CNCCN1C(=O)OC(C)(C)C. The molecule has 23 heavy (non-hydrogen) atoms. The fraction of sp³-hybridized carbons (Fsp3) is 0.562. The summed E-state index contributed by atoms with van der Waals surface area (Å²) in [4.78, 5) is 25.1. The highest BCUT2D eigenvalue weighted by Crippen LogP contribution is 2.33. The minimum atomic E-state index is -0.607. The van der Waals surface area contributed by atoms with Crippen molar-refractivity contribution < 1.29 is 14.5 Å². The molecule has 1 aromatic carbocycles. The third kappa shape index (κ3) is 3.98. The first-order chi connectivity index (χ1) is 10.7. The molecule has 0 aliphatic carbocycles. The molecule has 0 radical (unpaired) electrons. The zero-order valence-electron chi connectivity index (χ0n) is 14.0. The van der Waals surface area contributed by atoms with Crippen molar-refractivity contribution in [1.82, 2.24) is 10.2 Å². The summed E-state index contributed by atoms with van der Waals surface area (Å²) in [6.07, 6.45) is -0.443. The van der Waals surface area contributed by atoms with Gasteiger partial charge in [-0.3, -0.25) is 15.0 Å². The van der Waals surface area contributed by atoms with Crippen LogP contribution in [0.25, 0.3) is 0 Å². The minimum Gasteiger partial charge on any atom is -0.444 e. The predicted molar refractivity (Wildman–Crippen MR) is 86.4 cm³/mol. The Morgan fingerprint density at radius 1 is 1.43 bits per heavy atom. The molecule has 1 aliphatic heterocycles. The summed E-state index contributed by atoms with van der Waals surface area (Å²) in [6.45, 7) is 8.78. The molecule has 1 unspecified atom stereocenters. The lowest BCUT2D eigenvalue weighted by Gasteiger charge is -2.37. The zero-order valence-corrected chi connectivity index (χ0v) is 14.0. The second kappa shape index (κ2) is 6.54. The number of benzene rings is 1. The molecular formula is C16H23N3O4. The summed E-state index contributed by atoms with van der Waals surface area (Å²) in [7, 11) is 0. The Bertz CT molecular complexity index is 610. The van der Waals surface area contributed by atoms with Crippen molar-refractivity contribution >= 4 is 11.8 Å². The standard InChI is InChI=1S/C16H23N3O4/c1-11-6-5-7-12(19(21)22)14(11)13-10-17-8-9-18(13)15(20)23-16(2,3)4/h5-7,13,17H,8-10H2,1-4H3.